The molecule has 1 unspecified atom stereocenters. The highest BCUT2D eigenvalue weighted by Crippen LogP contribution is 2.19. The fraction of sp³-hybridized carbons (Fsp3) is 0.536. The van der Waals surface area contributed by atoms with Gasteiger partial charge in [-0.05, 0) is 62.4 Å². The monoisotopic (exact) mass is 499 g/mol. The molecule has 0 bridgehead atoms. The average Bonchev–Trinajstić information content (AvgIpc) is 3.00. The molecule has 0 radical (unpaired) electrons. The zero-order valence-corrected chi connectivity index (χ0v) is 22.3. The van der Waals surface area contributed by atoms with Crippen molar-refractivity contribution in [3.05, 3.63) is 65.7 Å². The van der Waals surface area contributed by atoms with E-state index in [1.165, 1.54) is 11.8 Å². The molecule has 1 aliphatic rings. The molecule has 1 amide bonds. The number of hydrogen-bond donors (Lipinski definition) is 1. The number of nitrogens with zero attached hydrogens (tertiary/aromatic N) is 2. The molecular weight excluding hydrogens is 458 g/mol. The Morgan fingerprint density at radius 3 is 2.31 bits per heavy atom. The first-order chi connectivity index (χ1) is 16.7. The third-order valence-electron chi connectivity index (χ3n) is 7.06. The smallest absolute Gasteiger partial charge is 0.223 e. The molecule has 1 atom stereocenters. The van der Waals surface area contributed by atoms with Crippen molar-refractivity contribution < 1.29 is 13.2 Å². The first-order valence-corrected chi connectivity index (χ1v) is 14.7. The zero-order chi connectivity index (χ0) is 25.3. The molecule has 3 rings (SSSR count). The van der Waals surface area contributed by atoms with E-state index in [-0.39, 0.29) is 11.4 Å². The highest BCUT2D eigenvalue weighted by molar-refractivity contribution is 7.90. The minimum absolute atomic E-state index is 0.0526. The summed E-state index contributed by atoms with van der Waals surface area (Å²) in [5.74, 6) is 0.268. The van der Waals surface area contributed by atoms with Crippen molar-refractivity contribution >= 4 is 15.7 Å². The second kappa shape index (κ2) is 12.7. The topological polar surface area (TPSA) is 69.7 Å². The Kier molecular flexibility index (Phi) is 9.89. The van der Waals surface area contributed by atoms with Gasteiger partial charge in [0.1, 0.15) is 0 Å². The number of unbranched alkanes of at least 4 members (excludes halogenated alkanes) is 1. The van der Waals surface area contributed by atoms with Crippen LogP contribution in [0.3, 0.4) is 0 Å². The Bertz CT molecular complexity index is 1040. The van der Waals surface area contributed by atoms with Gasteiger partial charge >= 0.3 is 0 Å². The van der Waals surface area contributed by atoms with E-state index in [0.29, 0.717) is 11.3 Å². The van der Waals surface area contributed by atoms with E-state index in [9.17, 15) is 13.2 Å². The Morgan fingerprint density at radius 2 is 1.66 bits per heavy atom. The fourth-order valence-corrected chi connectivity index (χ4v) is 5.21. The molecule has 2 aromatic rings. The Balaban J connectivity index is 1.40. The van der Waals surface area contributed by atoms with Crippen LogP contribution in [-0.4, -0.2) is 68.6 Å². The van der Waals surface area contributed by atoms with Gasteiger partial charge in [0.15, 0.2) is 9.84 Å². The molecule has 7 heteroatoms. The zero-order valence-electron chi connectivity index (χ0n) is 21.5. The van der Waals surface area contributed by atoms with Crippen molar-refractivity contribution in [1.29, 1.82) is 0 Å². The number of nitrogens with one attached hydrogen (secondary N) is 1. The van der Waals surface area contributed by atoms with Crippen molar-refractivity contribution in [1.82, 2.24) is 15.1 Å². The van der Waals surface area contributed by atoms with Crippen molar-refractivity contribution in [3.63, 3.8) is 0 Å². The van der Waals surface area contributed by atoms with Gasteiger partial charge < -0.3 is 10.2 Å². The van der Waals surface area contributed by atoms with Gasteiger partial charge in [0.05, 0.1) is 4.90 Å². The maximum Gasteiger partial charge on any atom is 0.223 e. The molecule has 0 aromatic heterocycles. The van der Waals surface area contributed by atoms with E-state index < -0.39 is 9.84 Å². The summed E-state index contributed by atoms with van der Waals surface area (Å²) in [6, 6.07) is 17.7. The van der Waals surface area contributed by atoms with Crippen LogP contribution >= 0.6 is 0 Å². The van der Waals surface area contributed by atoms with Gasteiger partial charge in [0.2, 0.25) is 5.91 Å². The minimum atomic E-state index is -3.17. The highest BCUT2D eigenvalue weighted by Gasteiger charge is 2.23. The van der Waals surface area contributed by atoms with Crippen molar-refractivity contribution in [2.45, 2.75) is 62.9 Å². The van der Waals surface area contributed by atoms with E-state index in [1.54, 1.807) is 12.1 Å². The highest BCUT2D eigenvalue weighted by atomic mass is 32.2. The van der Waals surface area contributed by atoms with E-state index in [0.717, 1.165) is 70.5 Å². The van der Waals surface area contributed by atoms with Gasteiger partial charge in [-0.15, -0.1) is 0 Å². The quantitative estimate of drug-likeness (QED) is 0.449. The summed E-state index contributed by atoms with van der Waals surface area (Å²) in [5, 5.41) is 3.70. The Labute approximate surface area is 211 Å². The van der Waals surface area contributed by atoms with Crippen LogP contribution in [0.15, 0.2) is 59.5 Å². The normalized spacial score (nSPS) is 17.2. The second-order valence-corrected chi connectivity index (χ2v) is 12.0. The maximum atomic E-state index is 12.6. The first kappa shape index (κ1) is 27.4. The number of hydrogen-bond acceptors (Lipinski definition) is 5. The molecule has 192 valence electrons. The second-order valence-electron chi connectivity index (χ2n) is 10.0. The van der Waals surface area contributed by atoms with Gasteiger partial charge in [-0.2, -0.15) is 0 Å². The van der Waals surface area contributed by atoms with Crippen molar-refractivity contribution in [2.24, 2.45) is 0 Å². The molecule has 35 heavy (non-hydrogen) atoms. The molecule has 1 N–H and O–H groups in total. The Morgan fingerprint density at radius 1 is 0.943 bits per heavy atom. The predicted octanol–water partition coefficient (Wildman–Crippen LogP) is 3.91. The molecule has 6 nitrogen and oxygen atoms in total. The van der Waals surface area contributed by atoms with Crippen LogP contribution in [0.5, 0.6) is 0 Å². The summed E-state index contributed by atoms with van der Waals surface area (Å²) in [6.07, 6.45) is 5.65. The van der Waals surface area contributed by atoms with Crippen molar-refractivity contribution in [3.8, 4) is 0 Å². The summed E-state index contributed by atoms with van der Waals surface area (Å²) in [5.41, 5.74) is 2.37. The van der Waals surface area contributed by atoms with Gasteiger partial charge in [0.25, 0.3) is 0 Å². The standard InChI is InChI=1S/C28H41N3O3S/c1-4-28(2,22-24-12-14-26(15-13-24)35(3,33)34)29-17-8-9-18-31-21-20-30(19-16-27(31)32)23-25-10-6-5-7-11-25/h5-7,10-15,29H,4,8-9,16-23H2,1-3H3. The third-order valence-corrected chi connectivity index (χ3v) is 8.19. The van der Waals surface area contributed by atoms with Crippen LogP contribution in [0.25, 0.3) is 0 Å². The molecule has 2 aromatic carbocycles. The molecule has 1 fully saturated rings. The van der Waals surface area contributed by atoms with E-state index >= 15 is 0 Å². The lowest BCUT2D eigenvalue weighted by Gasteiger charge is -2.30. The molecular formula is C28H41N3O3S. The third kappa shape index (κ3) is 8.74. The molecule has 0 aliphatic carbocycles. The lowest BCUT2D eigenvalue weighted by molar-refractivity contribution is -0.130. The first-order valence-electron chi connectivity index (χ1n) is 12.8. The van der Waals surface area contributed by atoms with Crippen molar-refractivity contribution in [2.75, 3.05) is 39.0 Å². The van der Waals surface area contributed by atoms with Gasteiger partial charge in [0, 0.05) is 50.9 Å². The summed E-state index contributed by atoms with van der Waals surface area (Å²) in [6.45, 7) is 9.56. The summed E-state index contributed by atoms with van der Waals surface area (Å²) < 4.78 is 23.4. The maximum absolute atomic E-state index is 12.6. The fourth-order valence-electron chi connectivity index (χ4n) is 4.58. The Hall–Kier alpha value is -2.22. The lowest BCUT2D eigenvalue weighted by atomic mass is 9.90. The number of benzene rings is 2. The lowest BCUT2D eigenvalue weighted by Crippen LogP contribution is -2.44. The van der Waals surface area contributed by atoms with E-state index in [1.807, 2.05) is 23.1 Å². The van der Waals surface area contributed by atoms with Crippen LogP contribution in [0.2, 0.25) is 0 Å². The molecule has 0 saturated carbocycles. The van der Waals surface area contributed by atoms with E-state index in [4.69, 9.17) is 0 Å². The summed E-state index contributed by atoms with van der Waals surface area (Å²) in [7, 11) is -3.17. The van der Waals surface area contributed by atoms with Gasteiger partial charge in [-0.1, -0.05) is 49.4 Å². The largest absolute Gasteiger partial charge is 0.341 e. The summed E-state index contributed by atoms with van der Waals surface area (Å²) >= 11 is 0. The van der Waals surface area contributed by atoms with Crippen LogP contribution < -0.4 is 5.32 Å². The molecule has 1 saturated heterocycles. The predicted molar refractivity (Wildman–Crippen MR) is 142 cm³/mol. The molecule has 1 aliphatic heterocycles. The van der Waals surface area contributed by atoms with Crippen LogP contribution in [0, 0.1) is 0 Å². The number of amides is 1. The van der Waals surface area contributed by atoms with Gasteiger partial charge in [-0.3, -0.25) is 9.69 Å². The minimum Gasteiger partial charge on any atom is -0.341 e. The van der Waals surface area contributed by atoms with Gasteiger partial charge in [-0.25, -0.2) is 8.42 Å². The van der Waals surface area contributed by atoms with Crippen LogP contribution in [0.4, 0.5) is 0 Å². The molecule has 1 heterocycles. The average molecular weight is 500 g/mol. The van der Waals surface area contributed by atoms with E-state index in [2.05, 4.69) is 48.3 Å². The van der Waals surface area contributed by atoms with Crippen LogP contribution in [-0.2, 0) is 27.6 Å². The number of rotatable bonds is 12. The molecule has 0 spiro atoms. The SMILES string of the molecule is CCC(C)(Cc1ccc(S(C)(=O)=O)cc1)NCCCCN1CCN(Cc2ccccc2)CCC1=O. The number of carbonyl (C=O) groups excluding carboxylic acids is 1. The summed E-state index contributed by atoms with van der Waals surface area (Å²) in [4.78, 5) is 17.4. The number of sulfone groups is 1. The van der Waals surface area contributed by atoms with Crippen LogP contribution in [0.1, 0.15) is 50.7 Å². The number of carbonyl (C=O) groups is 1.